The maximum absolute atomic E-state index is 4.97. The number of hydrogen-bond donors (Lipinski definition) is 1. The molecule has 0 bridgehead atoms. The van der Waals surface area contributed by atoms with Crippen LogP contribution in [0.1, 0.15) is 6.42 Å². The first-order chi connectivity index (χ1) is 6.81. The molecule has 14 heavy (non-hydrogen) atoms. The van der Waals surface area contributed by atoms with E-state index in [1.54, 1.807) is 7.11 Å². The predicted molar refractivity (Wildman–Crippen MR) is 65.2 cm³/mol. The van der Waals surface area contributed by atoms with Gasteiger partial charge in [0.2, 0.25) is 0 Å². The van der Waals surface area contributed by atoms with Gasteiger partial charge in [-0.25, -0.2) is 0 Å². The van der Waals surface area contributed by atoms with Gasteiger partial charge in [0.25, 0.3) is 0 Å². The molecule has 86 valence electrons. The van der Waals surface area contributed by atoms with Crippen molar-refractivity contribution in [3.8, 4) is 0 Å². The molecule has 0 radical (unpaired) electrons. The molecule has 0 spiro atoms. The largest absolute Gasteiger partial charge is 0.385 e. The van der Waals surface area contributed by atoms with E-state index in [0.29, 0.717) is 0 Å². The topological polar surface area (TPSA) is 24.5 Å². The summed E-state index contributed by atoms with van der Waals surface area (Å²) >= 11 is 1.90. The van der Waals surface area contributed by atoms with Gasteiger partial charge in [-0.1, -0.05) is 0 Å². The second-order valence-electron chi connectivity index (χ2n) is 3.39. The zero-order valence-corrected chi connectivity index (χ0v) is 10.5. The van der Waals surface area contributed by atoms with Gasteiger partial charge in [-0.3, -0.25) is 0 Å². The number of hydrogen-bond acceptors (Lipinski definition) is 4. The summed E-state index contributed by atoms with van der Waals surface area (Å²) in [6, 6.07) is 0. The summed E-state index contributed by atoms with van der Waals surface area (Å²) in [4.78, 5) is 2.36. The molecule has 0 aromatic rings. The minimum absolute atomic E-state index is 0.856. The van der Waals surface area contributed by atoms with Crippen molar-refractivity contribution in [1.82, 2.24) is 10.2 Å². The van der Waals surface area contributed by atoms with E-state index in [-0.39, 0.29) is 0 Å². The number of rotatable bonds is 10. The molecule has 0 amide bonds. The summed E-state index contributed by atoms with van der Waals surface area (Å²) in [5.41, 5.74) is 0. The van der Waals surface area contributed by atoms with Gasteiger partial charge in [0.05, 0.1) is 0 Å². The Hall–Kier alpha value is 0.230. The van der Waals surface area contributed by atoms with Crippen molar-refractivity contribution in [2.75, 3.05) is 59.0 Å². The Morgan fingerprint density at radius 1 is 1.29 bits per heavy atom. The summed E-state index contributed by atoms with van der Waals surface area (Å²) in [7, 11) is 3.92. The summed E-state index contributed by atoms with van der Waals surface area (Å²) in [5.74, 6) is 1.22. The molecule has 0 atom stereocenters. The van der Waals surface area contributed by atoms with Gasteiger partial charge >= 0.3 is 0 Å². The normalized spacial score (nSPS) is 11.1. The molecule has 0 aliphatic rings. The highest BCUT2D eigenvalue weighted by Crippen LogP contribution is 1.92. The van der Waals surface area contributed by atoms with Crippen LogP contribution in [0, 0.1) is 0 Å². The fourth-order valence-corrected chi connectivity index (χ4v) is 1.59. The number of likely N-dealkylation sites (N-methyl/N-ethyl adjacent to an activating group) is 1. The first-order valence-electron chi connectivity index (χ1n) is 5.18. The zero-order valence-electron chi connectivity index (χ0n) is 9.71. The van der Waals surface area contributed by atoms with Crippen LogP contribution < -0.4 is 5.32 Å². The molecule has 4 heteroatoms. The molecule has 0 saturated heterocycles. The van der Waals surface area contributed by atoms with Gasteiger partial charge in [-0.2, -0.15) is 11.8 Å². The minimum atomic E-state index is 0.856. The van der Waals surface area contributed by atoms with E-state index < -0.39 is 0 Å². The predicted octanol–water partition coefficient (Wildman–Crippen LogP) is 0.907. The highest BCUT2D eigenvalue weighted by Gasteiger charge is 1.96. The Kier molecular flexibility index (Phi) is 11.5. The fourth-order valence-electron chi connectivity index (χ4n) is 1.10. The molecule has 1 N–H and O–H groups in total. The third-order valence-electron chi connectivity index (χ3n) is 2.05. The maximum Gasteiger partial charge on any atom is 0.0474 e. The van der Waals surface area contributed by atoms with E-state index in [9.17, 15) is 0 Å². The van der Waals surface area contributed by atoms with E-state index in [1.807, 2.05) is 11.8 Å². The first kappa shape index (κ1) is 14.2. The average molecular weight is 220 g/mol. The van der Waals surface area contributed by atoms with Gasteiger partial charge in [-0.05, 0) is 26.3 Å². The van der Waals surface area contributed by atoms with Crippen LogP contribution in [0.25, 0.3) is 0 Å². The van der Waals surface area contributed by atoms with Crippen molar-refractivity contribution >= 4 is 11.8 Å². The zero-order chi connectivity index (χ0) is 10.6. The van der Waals surface area contributed by atoms with Crippen molar-refractivity contribution in [1.29, 1.82) is 0 Å². The van der Waals surface area contributed by atoms with Gasteiger partial charge in [0, 0.05) is 39.1 Å². The number of methoxy groups -OCH3 is 1. The van der Waals surface area contributed by atoms with Gasteiger partial charge < -0.3 is 15.0 Å². The fraction of sp³-hybridized carbons (Fsp3) is 1.00. The van der Waals surface area contributed by atoms with Crippen molar-refractivity contribution < 1.29 is 4.74 Å². The van der Waals surface area contributed by atoms with Crippen LogP contribution in [-0.4, -0.2) is 63.9 Å². The summed E-state index contributed by atoms with van der Waals surface area (Å²) < 4.78 is 4.97. The molecule has 0 heterocycles. The highest BCUT2D eigenvalue weighted by molar-refractivity contribution is 7.98. The molecule has 0 aliphatic heterocycles. The minimum Gasteiger partial charge on any atom is -0.385 e. The lowest BCUT2D eigenvalue weighted by atomic mass is 10.4. The van der Waals surface area contributed by atoms with Gasteiger partial charge in [0.15, 0.2) is 0 Å². The van der Waals surface area contributed by atoms with Crippen LogP contribution >= 0.6 is 11.8 Å². The molecular weight excluding hydrogens is 196 g/mol. The number of ether oxygens (including phenoxy) is 1. The quantitative estimate of drug-likeness (QED) is 0.553. The molecule has 0 rings (SSSR count). The first-order valence-corrected chi connectivity index (χ1v) is 6.57. The maximum atomic E-state index is 4.97. The Labute approximate surface area is 92.6 Å². The molecule has 3 nitrogen and oxygen atoms in total. The molecule has 0 fully saturated rings. The average Bonchev–Trinajstić information content (AvgIpc) is 2.20. The van der Waals surface area contributed by atoms with E-state index in [4.69, 9.17) is 4.74 Å². The summed E-state index contributed by atoms with van der Waals surface area (Å²) in [6.07, 6.45) is 3.25. The van der Waals surface area contributed by atoms with E-state index in [1.165, 1.54) is 12.3 Å². The van der Waals surface area contributed by atoms with Crippen molar-refractivity contribution in [2.24, 2.45) is 0 Å². The van der Waals surface area contributed by atoms with Crippen LogP contribution in [0.3, 0.4) is 0 Å². The molecule has 0 saturated carbocycles. The molecular formula is C10H24N2OS. The molecule has 0 aromatic heterocycles. The third-order valence-corrected chi connectivity index (χ3v) is 2.64. The lowest BCUT2D eigenvalue weighted by Crippen LogP contribution is -2.31. The summed E-state index contributed by atoms with van der Waals surface area (Å²) in [6.45, 7) is 5.31. The smallest absolute Gasteiger partial charge is 0.0474 e. The molecule has 0 unspecified atom stereocenters. The molecule has 0 aliphatic carbocycles. The van der Waals surface area contributed by atoms with Crippen LogP contribution in [0.5, 0.6) is 0 Å². The Balaban J connectivity index is 3.02. The standard InChI is InChI=1S/C10H24N2OS/c1-12(8-10-14-3)7-6-11-5-4-9-13-2/h11H,4-10H2,1-3H3. The Morgan fingerprint density at radius 3 is 2.71 bits per heavy atom. The Bertz CT molecular complexity index is 114. The van der Waals surface area contributed by atoms with Crippen LogP contribution in [0.2, 0.25) is 0 Å². The molecule has 0 aromatic carbocycles. The van der Waals surface area contributed by atoms with Crippen LogP contribution in [0.15, 0.2) is 0 Å². The van der Waals surface area contributed by atoms with E-state index >= 15 is 0 Å². The monoisotopic (exact) mass is 220 g/mol. The summed E-state index contributed by atoms with van der Waals surface area (Å²) in [5, 5.41) is 3.40. The van der Waals surface area contributed by atoms with Crippen LogP contribution in [0.4, 0.5) is 0 Å². The number of nitrogens with zero attached hydrogens (tertiary/aromatic N) is 1. The number of nitrogens with one attached hydrogen (secondary N) is 1. The lowest BCUT2D eigenvalue weighted by molar-refractivity contribution is 0.194. The van der Waals surface area contributed by atoms with E-state index in [0.717, 1.165) is 32.7 Å². The van der Waals surface area contributed by atoms with Crippen molar-refractivity contribution in [3.05, 3.63) is 0 Å². The van der Waals surface area contributed by atoms with E-state index in [2.05, 4.69) is 23.5 Å². The lowest BCUT2D eigenvalue weighted by Gasteiger charge is -2.15. The van der Waals surface area contributed by atoms with Crippen molar-refractivity contribution in [3.63, 3.8) is 0 Å². The third kappa shape index (κ3) is 10.3. The van der Waals surface area contributed by atoms with Crippen molar-refractivity contribution in [2.45, 2.75) is 6.42 Å². The SMILES string of the molecule is COCCCNCCN(C)CCSC. The second kappa shape index (κ2) is 11.3. The van der Waals surface area contributed by atoms with Gasteiger partial charge in [-0.15, -0.1) is 0 Å². The number of thioether (sulfide) groups is 1. The Morgan fingerprint density at radius 2 is 2.07 bits per heavy atom. The van der Waals surface area contributed by atoms with Crippen LogP contribution in [-0.2, 0) is 4.74 Å². The van der Waals surface area contributed by atoms with Gasteiger partial charge in [0.1, 0.15) is 0 Å². The highest BCUT2D eigenvalue weighted by atomic mass is 32.2. The second-order valence-corrected chi connectivity index (χ2v) is 4.38.